The Morgan fingerprint density at radius 1 is 1.32 bits per heavy atom. The van der Waals surface area contributed by atoms with Gasteiger partial charge in [0.05, 0.1) is 0 Å². The number of hydrogen-bond acceptors (Lipinski definition) is 2. The number of carbonyl (C=O) groups excluding carboxylic acids is 1. The molecule has 0 spiro atoms. The van der Waals surface area contributed by atoms with Gasteiger partial charge in [0, 0.05) is 12.6 Å². The molecule has 5 heteroatoms. The number of nitrogens with zero attached hydrogens (tertiary/aromatic N) is 1. The zero-order valence-electron chi connectivity index (χ0n) is 12.0. The molecule has 0 aliphatic heterocycles. The Morgan fingerprint density at radius 2 is 1.95 bits per heavy atom. The predicted molar refractivity (Wildman–Crippen MR) is 74.1 cm³/mol. The van der Waals surface area contributed by atoms with Crippen LogP contribution >= 0.6 is 0 Å². The zero-order valence-corrected chi connectivity index (χ0v) is 12.0. The molecule has 0 aromatic rings. The Morgan fingerprint density at radius 3 is 2.47 bits per heavy atom. The molecule has 0 aromatic carbocycles. The van der Waals surface area contributed by atoms with Gasteiger partial charge in [0.15, 0.2) is 0 Å². The van der Waals surface area contributed by atoms with E-state index in [4.69, 9.17) is 5.11 Å². The Balaban J connectivity index is 2.47. The van der Waals surface area contributed by atoms with Gasteiger partial charge in [-0.2, -0.15) is 0 Å². The molecule has 0 heterocycles. The third-order valence-electron chi connectivity index (χ3n) is 3.81. The van der Waals surface area contributed by atoms with Crippen LogP contribution in [0.4, 0.5) is 4.79 Å². The first-order valence-corrected chi connectivity index (χ1v) is 7.31. The number of urea groups is 1. The Bertz CT molecular complexity index is 301. The average Bonchev–Trinajstić information content (AvgIpc) is 2.38. The quantitative estimate of drug-likeness (QED) is 0.779. The predicted octanol–water partition coefficient (Wildman–Crippen LogP) is 2.46. The number of carboxylic acids is 1. The number of hydrogen-bond donors (Lipinski definition) is 2. The summed E-state index contributed by atoms with van der Waals surface area (Å²) < 4.78 is 0. The van der Waals surface area contributed by atoms with E-state index < -0.39 is 5.97 Å². The maximum absolute atomic E-state index is 12.1. The van der Waals surface area contributed by atoms with Crippen molar-refractivity contribution in [1.29, 1.82) is 0 Å². The molecule has 1 rings (SSSR count). The molecular weight excluding hydrogens is 244 g/mol. The van der Waals surface area contributed by atoms with E-state index in [0.29, 0.717) is 12.5 Å². The van der Waals surface area contributed by atoms with Crippen LogP contribution < -0.4 is 5.32 Å². The minimum absolute atomic E-state index is 0.126. The molecule has 1 atom stereocenters. The highest BCUT2D eigenvalue weighted by Crippen LogP contribution is 2.26. The molecule has 1 fully saturated rings. The summed E-state index contributed by atoms with van der Waals surface area (Å²) in [5, 5.41) is 11.8. The van der Waals surface area contributed by atoms with Crippen molar-refractivity contribution in [2.75, 3.05) is 13.1 Å². The third kappa shape index (κ3) is 5.49. The monoisotopic (exact) mass is 270 g/mol. The Hall–Kier alpha value is -1.26. The molecular formula is C14H26N2O3. The number of carboxylic acid groups (broad SMARTS) is 1. The summed E-state index contributed by atoms with van der Waals surface area (Å²) in [5.41, 5.74) is 0. The first kappa shape index (κ1) is 15.8. The van der Waals surface area contributed by atoms with Crippen molar-refractivity contribution in [3.8, 4) is 0 Å². The summed E-state index contributed by atoms with van der Waals surface area (Å²) in [6, 6.07) is -0.122. The minimum Gasteiger partial charge on any atom is -0.480 e. The second-order valence-corrected chi connectivity index (χ2v) is 5.45. The van der Waals surface area contributed by atoms with Crippen LogP contribution in [0.2, 0.25) is 0 Å². The van der Waals surface area contributed by atoms with Crippen LogP contribution in [-0.4, -0.2) is 41.1 Å². The van der Waals surface area contributed by atoms with Crippen molar-refractivity contribution in [3.63, 3.8) is 0 Å². The largest absolute Gasteiger partial charge is 0.480 e. The fourth-order valence-corrected chi connectivity index (χ4v) is 2.72. The van der Waals surface area contributed by atoms with Crippen LogP contribution in [0.5, 0.6) is 0 Å². The lowest BCUT2D eigenvalue weighted by Gasteiger charge is -2.30. The number of carbonyl (C=O) groups is 2. The zero-order chi connectivity index (χ0) is 14.3. The van der Waals surface area contributed by atoms with Crippen molar-refractivity contribution in [2.24, 2.45) is 5.92 Å². The van der Waals surface area contributed by atoms with Crippen molar-refractivity contribution in [1.82, 2.24) is 10.2 Å². The van der Waals surface area contributed by atoms with Crippen LogP contribution in [0.15, 0.2) is 0 Å². The van der Waals surface area contributed by atoms with E-state index in [1.165, 1.54) is 24.2 Å². The number of nitrogens with one attached hydrogen (secondary N) is 1. The topological polar surface area (TPSA) is 69.6 Å². The second-order valence-electron chi connectivity index (χ2n) is 5.45. The van der Waals surface area contributed by atoms with Crippen LogP contribution in [0, 0.1) is 5.92 Å². The normalized spacial score (nSPS) is 17.8. The fraction of sp³-hybridized carbons (Fsp3) is 0.857. The number of amides is 2. The SMILES string of the molecule is CCCN(CC(=O)O)C(=O)NC(C)C1CCCCC1. The molecule has 19 heavy (non-hydrogen) atoms. The number of aliphatic carboxylic acids is 1. The van der Waals surface area contributed by atoms with Gasteiger partial charge in [-0.15, -0.1) is 0 Å². The third-order valence-corrected chi connectivity index (χ3v) is 3.81. The van der Waals surface area contributed by atoms with Crippen LogP contribution in [-0.2, 0) is 4.79 Å². The fourth-order valence-electron chi connectivity index (χ4n) is 2.72. The van der Waals surface area contributed by atoms with Crippen LogP contribution in [0.1, 0.15) is 52.4 Å². The van der Waals surface area contributed by atoms with Gasteiger partial charge in [-0.25, -0.2) is 4.79 Å². The summed E-state index contributed by atoms with van der Waals surface area (Å²) in [5.74, 6) is -0.431. The van der Waals surface area contributed by atoms with Crippen molar-refractivity contribution < 1.29 is 14.7 Å². The van der Waals surface area contributed by atoms with Crippen LogP contribution in [0.3, 0.4) is 0 Å². The highest BCUT2D eigenvalue weighted by Gasteiger charge is 2.24. The minimum atomic E-state index is -0.964. The molecule has 0 aromatic heterocycles. The van der Waals surface area contributed by atoms with E-state index in [0.717, 1.165) is 19.3 Å². The molecule has 5 nitrogen and oxygen atoms in total. The molecule has 1 aliphatic carbocycles. The van der Waals surface area contributed by atoms with Gasteiger partial charge >= 0.3 is 12.0 Å². The molecule has 110 valence electrons. The van der Waals surface area contributed by atoms with Gasteiger partial charge in [0.25, 0.3) is 0 Å². The molecule has 1 saturated carbocycles. The lowest BCUT2D eigenvalue weighted by atomic mass is 9.84. The van der Waals surface area contributed by atoms with E-state index in [1.54, 1.807) is 0 Å². The van der Waals surface area contributed by atoms with Gasteiger partial charge < -0.3 is 15.3 Å². The smallest absolute Gasteiger partial charge is 0.323 e. The van der Waals surface area contributed by atoms with Crippen molar-refractivity contribution in [3.05, 3.63) is 0 Å². The molecule has 2 N–H and O–H groups in total. The van der Waals surface area contributed by atoms with E-state index in [-0.39, 0.29) is 18.6 Å². The summed E-state index contributed by atoms with van der Waals surface area (Å²) in [7, 11) is 0. The molecule has 1 aliphatic rings. The first-order chi connectivity index (χ1) is 9.04. The molecule has 0 radical (unpaired) electrons. The lowest BCUT2D eigenvalue weighted by molar-refractivity contribution is -0.137. The molecule has 1 unspecified atom stereocenters. The maximum atomic E-state index is 12.1. The summed E-state index contributed by atoms with van der Waals surface area (Å²) in [6.07, 6.45) is 6.84. The van der Waals surface area contributed by atoms with E-state index >= 15 is 0 Å². The lowest BCUT2D eigenvalue weighted by Crippen LogP contribution is -2.48. The molecule has 0 bridgehead atoms. The summed E-state index contributed by atoms with van der Waals surface area (Å²) in [4.78, 5) is 24.2. The number of rotatable bonds is 6. The highest BCUT2D eigenvalue weighted by molar-refractivity contribution is 5.80. The Kier molecular flexibility index (Phi) is 6.67. The van der Waals surface area contributed by atoms with E-state index in [9.17, 15) is 9.59 Å². The van der Waals surface area contributed by atoms with Gasteiger partial charge in [0.1, 0.15) is 6.54 Å². The van der Waals surface area contributed by atoms with Crippen molar-refractivity contribution in [2.45, 2.75) is 58.4 Å². The van der Waals surface area contributed by atoms with Gasteiger partial charge in [-0.3, -0.25) is 4.79 Å². The highest BCUT2D eigenvalue weighted by atomic mass is 16.4. The van der Waals surface area contributed by atoms with Gasteiger partial charge in [-0.05, 0) is 32.1 Å². The average molecular weight is 270 g/mol. The summed E-state index contributed by atoms with van der Waals surface area (Å²) in [6.45, 7) is 4.22. The first-order valence-electron chi connectivity index (χ1n) is 7.31. The Labute approximate surface area is 115 Å². The second kappa shape index (κ2) is 8.02. The molecule has 0 saturated heterocycles. The van der Waals surface area contributed by atoms with Crippen LogP contribution in [0.25, 0.3) is 0 Å². The molecule has 2 amide bonds. The van der Waals surface area contributed by atoms with Gasteiger partial charge in [0.2, 0.25) is 0 Å². The maximum Gasteiger partial charge on any atom is 0.323 e. The summed E-state index contributed by atoms with van der Waals surface area (Å²) >= 11 is 0. The standard InChI is InChI=1S/C14H26N2O3/c1-3-9-16(10-13(17)18)14(19)15-11(2)12-7-5-4-6-8-12/h11-12H,3-10H2,1-2H3,(H,15,19)(H,17,18). The van der Waals surface area contributed by atoms with Crippen molar-refractivity contribution >= 4 is 12.0 Å². The van der Waals surface area contributed by atoms with E-state index in [1.807, 2.05) is 13.8 Å². The van der Waals surface area contributed by atoms with E-state index in [2.05, 4.69) is 5.32 Å². The van der Waals surface area contributed by atoms with Gasteiger partial charge in [-0.1, -0.05) is 26.2 Å².